The molecule has 1 unspecified atom stereocenters. The second kappa shape index (κ2) is 13.2. The molecule has 2 heterocycles. The molecular weight excluding hydrogens is 494 g/mol. The van der Waals surface area contributed by atoms with Gasteiger partial charge in [-0.2, -0.15) is 0 Å². The van der Waals surface area contributed by atoms with Gasteiger partial charge in [-0.1, -0.05) is 32.1 Å². The van der Waals surface area contributed by atoms with E-state index < -0.39 is 24.3 Å². The van der Waals surface area contributed by atoms with Crippen molar-refractivity contribution in [3.05, 3.63) is 69.6 Å². The summed E-state index contributed by atoms with van der Waals surface area (Å²) in [5, 5.41) is 15.9. The minimum Gasteiger partial charge on any atom is -0.366 e. The lowest BCUT2D eigenvalue weighted by molar-refractivity contribution is -0.129. The van der Waals surface area contributed by atoms with Gasteiger partial charge in [-0.05, 0) is 55.0 Å². The Hall–Kier alpha value is -3.38. The molecule has 2 amide bonds. The Morgan fingerprint density at radius 3 is 2.76 bits per heavy atom. The first-order valence-electron chi connectivity index (χ1n) is 12.0. The third kappa shape index (κ3) is 8.05. The molecule has 11 heteroatoms. The number of hydrogen-bond acceptors (Lipinski definition) is 8. The van der Waals surface area contributed by atoms with Crippen LogP contribution in [0.2, 0.25) is 0 Å². The quantitative estimate of drug-likeness (QED) is 0.197. The lowest BCUT2D eigenvalue weighted by Crippen LogP contribution is -2.47. The Bertz CT molecular complexity index is 1320. The van der Waals surface area contributed by atoms with E-state index in [4.69, 9.17) is 15.5 Å². The number of nitrogens with two attached hydrogens (primary N) is 1. The van der Waals surface area contributed by atoms with Gasteiger partial charge in [0, 0.05) is 13.3 Å². The minimum absolute atomic E-state index is 0.0977. The van der Waals surface area contributed by atoms with Crippen molar-refractivity contribution < 1.29 is 19.4 Å². The van der Waals surface area contributed by atoms with E-state index in [1.165, 1.54) is 35.5 Å². The van der Waals surface area contributed by atoms with Crippen LogP contribution in [-0.2, 0) is 27.3 Å². The Labute approximate surface area is 219 Å². The Morgan fingerprint density at radius 2 is 2.05 bits per heavy atom. The monoisotopic (exact) mass is 527 g/mol. The number of carbonyl (C=O) groups is 2. The molecule has 0 radical (unpaired) electrons. The highest BCUT2D eigenvalue weighted by Crippen LogP contribution is 2.28. The average molecular weight is 528 g/mol. The highest BCUT2D eigenvalue weighted by atomic mass is 32.1. The molecule has 0 aliphatic heterocycles. The van der Waals surface area contributed by atoms with Crippen molar-refractivity contribution in [3.63, 3.8) is 0 Å². The molecule has 37 heavy (non-hydrogen) atoms. The molecule has 1 aromatic carbocycles. The Morgan fingerprint density at radius 1 is 1.27 bits per heavy atom. The van der Waals surface area contributed by atoms with Gasteiger partial charge in [0.25, 0.3) is 5.56 Å². The standard InChI is InChI=1S/C26H33N5O5S/c1-16(2)14-17-8-6-10-18-23(17)37-22(28-18)15-31-13-7-11-20(25(31)34)29-24(33)19(30-26(35)36-3)9-4-5-12-21(27)32/h5-8,10-13,16,19,26,30,35H,4,9,14-15H2,1-3H3,(H2,27,32)(H,29,33)/b12-5+/t19-,26?/m0/s1. The summed E-state index contributed by atoms with van der Waals surface area (Å²) in [6, 6.07) is 8.38. The summed E-state index contributed by atoms with van der Waals surface area (Å²) in [4.78, 5) is 41.7. The first kappa shape index (κ1) is 28.2. The van der Waals surface area contributed by atoms with Crippen molar-refractivity contribution in [2.75, 3.05) is 12.4 Å². The van der Waals surface area contributed by atoms with Gasteiger partial charge in [-0.15, -0.1) is 11.3 Å². The van der Waals surface area contributed by atoms with Crippen LogP contribution in [0, 0.1) is 5.92 Å². The zero-order valence-electron chi connectivity index (χ0n) is 21.1. The van der Waals surface area contributed by atoms with Crippen LogP contribution in [0.4, 0.5) is 5.69 Å². The highest BCUT2D eigenvalue weighted by Gasteiger charge is 2.22. The molecule has 2 aromatic heterocycles. The maximum absolute atomic E-state index is 13.1. The van der Waals surface area contributed by atoms with Gasteiger partial charge in [0.15, 0.2) is 0 Å². The first-order chi connectivity index (χ1) is 17.7. The van der Waals surface area contributed by atoms with Gasteiger partial charge in [-0.3, -0.25) is 19.7 Å². The number of allylic oxidation sites excluding steroid dienone is 1. The van der Waals surface area contributed by atoms with Gasteiger partial charge in [0.1, 0.15) is 10.7 Å². The summed E-state index contributed by atoms with van der Waals surface area (Å²) < 4.78 is 7.41. The first-order valence-corrected chi connectivity index (χ1v) is 12.8. The van der Waals surface area contributed by atoms with Crippen LogP contribution in [0.3, 0.4) is 0 Å². The molecule has 2 atom stereocenters. The van der Waals surface area contributed by atoms with E-state index in [1.54, 1.807) is 23.6 Å². The highest BCUT2D eigenvalue weighted by molar-refractivity contribution is 7.18. The third-order valence-corrected chi connectivity index (χ3v) is 6.67. The number of nitrogens with zero attached hydrogens (tertiary/aromatic N) is 2. The summed E-state index contributed by atoms with van der Waals surface area (Å²) in [7, 11) is 1.28. The number of thiazole rings is 1. The summed E-state index contributed by atoms with van der Waals surface area (Å²) in [6.07, 6.45) is 4.50. The zero-order valence-corrected chi connectivity index (χ0v) is 22.0. The molecule has 0 bridgehead atoms. The van der Waals surface area contributed by atoms with Crippen molar-refractivity contribution in [3.8, 4) is 0 Å². The van der Waals surface area contributed by atoms with Crippen molar-refractivity contribution in [1.82, 2.24) is 14.9 Å². The van der Waals surface area contributed by atoms with Crippen LogP contribution in [0.5, 0.6) is 0 Å². The van der Waals surface area contributed by atoms with Crippen molar-refractivity contribution in [2.45, 2.75) is 52.1 Å². The molecule has 3 rings (SSSR count). The summed E-state index contributed by atoms with van der Waals surface area (Å²) in [5.74, 6) is -0.613. The smallest absolute Gasteiger partial charge is 0.274 e. The van der Waals surface area contributed by atoms with Crippen molar-refractivity contribution in [1.29, 1.82) is 0 Å². The fourth-order valence-electron chi connectivity index (χ4n) is 3.84. The number of anilines is 1. The number of ether oxygens (including phenoxy) is 1. The molecule has 0 spiro atoms. The van der Waals surface area contributed by atoms with Gasteiger partial charge >= 0.3 is 0 Å². The van der Waals surface area contributed by atoms with E-state index in [2.05, 4.69) is 30.5 Å². The number of nitrogens with one attached hydrogen (secondary N) is 2. The number of methoxy groups -OCH3 is 1. The van der Waals surface area contributed by atoms with E-state index in [-0.39, 0.29) is 24.2 Å². The second-order valence-corrected chi connectivity index (χ2v) is 10.1. The predicted molar refractivity (Wildman–Crippen MR) is 144 cm³/mol. The predicted octanol–water partition coefficient (Wildman–Crippen LogP) is 2.35. The topological polar surface area (TPSA) is 149 Å². The third-order valence-electron chi connectivity index (χ3n) is 5.54. The number of pyridine rings is 1. The molecule has 0 saturated carbocycles. The lowest BCUT2D eigenvalue weighted by atomic mass is 10.0. The van der Waals surface area contributed by atoms with Crippen LogP contribution in [0.15, 0.2) is 53.5 Å². The van der Waals surface area contributed by atoms with Crippen LogP contribution >= 0.6 is 11.3 Å². The molecule has 10 nitrogen and oxygen atoms in total. The Kier molecular flexibility index (Phi) is 10.1. The van der Waals surface area contributed by atoms with Gasteiger partial charge in [-0.25, -0.2) is 4.98 Å². The summed E-state index contributed by atoms with van der Waals surface area (Å²) in [5.41, 5.74) is 6.96. The number of aliphatic hydroxyl groups is 1. The largest absolute Gasteiger partial charge is 0.366 e. The zero-order chi connectivity index (χ0) is 26.9. The fourth-order valence-corrected chi connectivity index (χ4v) is 4.92. The number of amides is 2. The van der Waals surface area contributed by atoms with E-state index >= 15 is 0 Å². The number of aliphatic hydroxyl groups excluding tert-OH is 1. The van der Waals surface area contributed by atoms with E-state index in [1.807, 2.05) is 12.1 Å². The number of hydrogen-bond donors (Lipinski definition) is 4. The van der Waals surface area contributed by atoms with Crippen LogP contribution in [0.25, 0.3) is 10.2 Å². The van der Waals surface area contributed by atoms with Crippen LogP contribution in [0.1, 0.15) is 37.3 Å². The molecule has 0 saturated heterocycles. The fraction of sp³-hybridized carbons (Fsp3) is 0.385. The van der Waals surface area contributed by atoms with Gasteiger partial charge < -0.3 is 25.5 Å². The maximum atomic E-state index is 13.1. The molecular formula is C26H33N5O5S. The number of primary amides is 1. The van der Waals surface area contributed by atoms with Gasteiger partial charge in [0.05, 0.1) is 22.8 Å². The lowest BCUT2D eigenvalue weighted by Gasteiger charge is -2.20. The van der Waals surface area contributed by atoms with Crippen LogP contribution in [-0.4, -0.2) is 46.0 Å². The SMILES string of the molecule is COC(O)N[C@@H](CC/C=C/C(N)=O)C(=O)Nc1cccn(Cc2nc3cccc(CC(C)C)c3s2)c1=O. The number of carbonyl (C=O) groups excluding carboxylic acids is 2. The molecule has 0 aliphatic rings. The number of benzene rings is 1. The average Bonchev–Trinajstić information content (AvgIpc) is 3.26. The molecule has 0 aliphatic carbocycles. The van der Waals surface area contributed by atoms with E-state index in [9.17, 15) is 19.5 Å². The second-order valence-electron chi connectivity index (χ2n) is 9.00. The van der Waals surface area contributed by atoms with Crippen LogP contribution < -0.4 is 21.9 Å². The Balaban J connectivity index is 1.77. The number of fused-ring (bicyclic) bond motifs is 1. The molecule has 5 N–H and O–H groups in total. The summed E-state index contributed by atoms with van der Waals surface area (Å²) in [6.45, 7) is 4.62. The number of rotatable bonds is 13. The van der Waals surface area contributed by atoms with E-state index in [0.29, 0.717) is 12.3 Å². The summed E-state index contributed by atoms with van der Waals surface area (Å²) >= 11 is 1.57. The molecule has 198 valence electrons. The van der Waals surface area contributed by atoms with Crippen molar-refractivity contribution >= 4 is 39.1 Å². The minimum atomic E-state index is -1.39. The maximum Gasteiger partial charge on any atom is 0.274 e. The molecule has 3 aromatic rings. The van der Waals surface area contributed by atoms with Gasteiger partial charge in [0.2, 0.25) is 18.2 Å². The van der Waals surface area contributed by atoms with E-state index in [0.717, 1.165) is 21.6 Å². The molecule has 0 fully saturated rings. The number of aromatic nitrogens is 2. The normalized spacial score (nSPS) is 13.3. The van der Waals surface area contributed by atoms with Crippen molar-refractivity contribution in [2.24, 2.45) is 11.7 Å².